The van der Waals surface area contributed by atoms with Crippen molar-refractivity contribution in [2.45, 2.75) is 33.2 Å². The second-order valence-corrected chi connectivity index (χ2v) is 5.65. The van der Waals surface area contributed by atoms with Crippen molar-refractivity contribution in [1.82, 2.24) is 0 Å². The normalized spacial score (nSPS) is 11.1. The smallest absolute Gasteiger partial charge is 0.193 e. The average molecular weight is 439 g/mol. The van der Waals surface area contributed by atoms with E-state index in [1.807, 2.05) is 43.3 Å². The van der Waals surface area contributed by atoms with E-state index in [2.05, 4.69) is 36.3 Å². The van der Waals surface area contributed by atoms with Gasteiger partial charge in [-0.1, -0.05) is 44.2 Å². The Bertz CT molecular complexity index is 671. The van der Waals surface area contributed by atoms with Crippen molar-refractivity contribution in [3.05, 3.63) is 59.7 Å². The maximum atomic E-state index is 6.00. The van der Waals surface area contributed by atoms with Gasteiger partial charge in [-0.3, -0.25) is 0 Å². The predicted octanol–water partition coefficient (Wildman–Crippen LogP) is 4.75. The molecule has 0 saturated carbocycles. The number of rotatable bonds is 6. The number of halogens is 1. The number of para-hydroxylation sites is 1. The van der Waals surface area contributed by atoms with Crippen molar-refractivity contribution in [3.8, 4) is 5.75 Å². The topological polar surface area (TPSA) is 59.6 Å². The van der Waals surface area contributed by atoms with Gasteiger partial charge in [-0.05, 0) is 36.6 Å². The van der Waals surface area contributed by atoms with E-state index in [-0.39, 0.29) is 24.0 Å². The molecule has 0 aliphatic heterocycles. The highest BCUT2D eigenvalue weighted by Crippen LogP contribution is 2.20. The lowest BCUT2D eigenvalue weighted by Gasteiger charge is -2.11. The number of nitrogens with zero attached hydrogens (tertiary/aromatic N) is 1. The van der Waals surface area contributed by atoms with Gasteiger partial charge in [-0.15, -0.1) is 24.0 Å². The van der Waals surface area contributed by atoms with Crippen LogP contribution in [-0.2, 0) is 6.54 Å². The molecule has 0 radical (unpaired) electrons. The van der Waals surface area contributed by atoms with Crippen molar-refractivity contribution in [1.29, 1.82) is 0 Å². The van der Waals surface area contributed by atoms with Crippen LogP contribution in [0.15, 0.2) is 53.5 Å². The summed E-state index contributed by atoms with van der Waals surface area (Å²) in [6, 6.07) is 16.1. The fraction of sp³-hybridized carbons (Fsp3) is 0.316. The molecule has 0 spiro atoms. The molecule has 0 fully saturated rings. The molecule has 3 N–H and O–H groups in total. The molecule has 5 heteroatoms. The SMILES string of the molecule is CCOc1ccccc1CN=C(N)Nc1cccc(C(C)C)c1.I. The van der Waals surface area contributed by atoms with Gasteiger partial charge in [0.1, 0.15) is 5.75 Å². The molecule has 2 aromatic rings. The first kappa shape index (κ1) is 20.3. The minimum absolute atomic E-state index is 0. The number of hydrogen-bond donors (Lipinski definition) is 2. The van der Waals surface area contributed by atoms with Gasteiger partial charge >= 0.3 is 0 Å². The molecule has 4 nitrogen and oxygen atoms in total. The zero-order valence-corrected chi connectivity index (χ0v) is 16.8. The second-order valence-electron chi connectivity index (χ2n) is 5.65. The van der Waals surface area contributed by atoms with E-state index in [1.54, 1.807) is 0 Å². The summed E-state index contributed by atoms with van der Waals surface area (Å²) in [4.78, 5) is 4.41. The van der Waals surface area contributed by atoms with Crippen LogP contribution in [0.25, 0.3) is 0 Å². The first-order chi connectivity index (χ1) is 11.1. The number of nitrogens with two attached hydrogens (primary N) is 1. The fourth-order valence-corrected chi connectivity index (χ4v) is 2.26. The van der Waals surface area contributed by atoms with E-state index in [4.69, 9.17) is 10.5 Å². The molecule has 0 aliphatic rings. The Labute approximate surface area is 161 Å². The summed E-state index contributed by atoms with van der Waals surface area (Å²) in [6.07, 6.45) is 0. The first-order valence-corrected chi connectivity index (χ1v) is 7.97. The molecule has 0 unspecified atom stereocenters. The van der Waals surface area contributed by atoms with Crippen LogP contribution >= 0.6 is 24.0 Å². The maximum absolute atomic E-state index is 6.00. The van der Waals surface area contributed by atoms with E-state index >= 15 is 0 Å². The minimum atomic E-state index is 0. The largest absolute Gasteiger partial charge is 0.494 e. The lowest BCUT2D eigenvalue weighted by Crippen LogP contribution is -2.22. The van der Waals surface area contributed by atoms with Gasteiger partial charge in [0.25, 0.3) is 0 Å². The van der Waals surface area contributed by atoms with Crippen LogP contribution in [0.1, 0.15) is 37.8 Å². The van der Waals surface area contributed by atoms with E-state index < -0.39 is 0 Å². The summed E-state index contributed by atoms with van der Waals surface area (Å²) in [5, 5.41) is 3.15. The molecule has 0 bridgehead atoms. The van der Waals surface area contributed by atoms with Gasteiger partial charge in [0.05, 0.1) is 13.2 Å². The van der Waals surface area contributed by atoms with E-state index in [0.717, 1.165) is 17.0 Å². The van der Waals surface area contributed by atoms with Crippen LogP contribution < -0.4 is 15.8 Å². The Morgan fingerprint density at radius 3 is 2.62 bits per heavy atom. The van der Waals surface area contributed by atoms with Gasteiger partial charge in [0.2, 0.25) is 0 Å². The first-order valence-electron chi connectivity index (χ1n) is 7.97. The Morgan fingerprint density at radius 2 is 1.92 bits per heavy atom. The summed E-state index contributed by atoms with van der Waals surface area (Å²) in [5.74, 6) is 1.73. The fourth-order valence-electron chi connectivity index (χ4n) is 2.26. The molecule has 2 aromatic carbocycles. The molecule has 24 heavy (non-hydrogen) atoms. The van der Waals surface area contributed by atoms with Gasteiger partial charge < -0.3 is 15.8 Å². The van der Waals surface area contributed by atoms with Gasteiger partial charge in [-0.25, -0.2) is 4.99 Å². The number of nitrogens with one attached hydrogen (secondary N) is 1. The molecule has 0 amide bonds. The van der Waals surface area contributed by atoms with E-state index in [1.165, 1.54) is 5.56 Å². The van der Waals surface area contributed by atoms with E-state index in [0.29, 0.717) is 25.0 Å². The number of hydrogen-bond acceptors (Lipinski definition) is 2. The Hall–Kier alpha value is -1.76. The zero-order valence-electron chi connectivity index (χ0n) is 14.5. The molecule has 0 saturated heterocycles. The van der Waals surface area contributed by atoms with Crippen molar-refractivity contribution < 1.29 is 4.74 Å². The lowest BCUT2D eigenvalue weighted by molar-refractivity contribution is 0.336. The number of aliphatic imine (C=N–C) groups is 1. The molecule has 130 valence electrons. The summed E-state index contributed by atoms with van der Waals surface area (Å²) < 4.78 is 5.60. The molecule has 0 atom stereocenters. The van der Waals surface area contributed by atoms with Crippen molar-refractivity contribution >= 4 is 35.6 Å². The summed E-state index contributed by atoms with van der Waals surface area (Å²) >= 11 is 0. The van der Waals surface area contributed by atoms with Crippen molar-refractivity contribution in [2.24, 2.45) is 10.7 Å². The third-order valence-corrected chi connectivity index (χ3v) is 3.52. The zero-order chi connectivity index (χ0) is 16.7. The Morgan fingerprint density at radius 1 is 1.17 bits per heavy atom. The molecule has 0 aromatic heterocycles. The maximum Gasteiger partial charge on any atom is 0.193 e. The van der Waals surface area contributed by atoms with Crippen LogP contribution in [0.5, 0.6) is 5.75 Å². The molecular weight excluding hydrogens is 413 g/mol. The van der Waals surface area contributed by atoms with Crippen LogP contribution in [0.4, 0.5) is 5.69 Å². The quantitative estimate of drug-likeness (QED) is 0.388. The summed E-state index contributed by atoms with van der Waals surface area (Å²) in [6.45, 7) is 7.43. The van der Waals surface area contributed by atoms with Gasteiger partial charge in [0, 0.05) is 11.3 Å². The third-order valence-electron chi connectivity index (χ3n) is 3.52. The standard InChI is InChI=1S/C19H25N3O.HI/c1-4-23-18-11-6-5-8-16(18)13-21-19(20)22-17-10-7-9-15(12-17)14(2)3;/h5-12,14H,4,13H2,1-3H3,(H3,20,21,22);1H. The molecule has 0 heterocycles. The average Bonchev–Trinajstić information content (AvgIpc) is 2.54. The predicted molar refractivity (Wildman–Crippen MR) is 113 cm³/mol. The van der Waals surface area contributed by atoms with E-state index in [9.17, 15) is 0 Å². The highest BCUT2D eigenvalue weighted by atomic mass is 127. The van der Waals surface area contributed by atoms with Crippen molar-refractivity contribution in [2.75, 3.05) is 11.9 Å². The highest BCUT2D eigenvalue weighted by Gasteiger charge is 2.03. The molecule has 0 aliphatic carbocycles. The van der Waals surface area contributed by atoms with Crippen LogP contribution in [0, 0.1) is 0 Å². The summed E-state index contributed by atoms with van der Waals surface area (Å²) in [7, 11) is 0. The monoisotopic (exact) mass is 439 g/mol. The number of guanidine groups is 1. The Kier molecular flexibility index (Phi) is 8.60. The third kappa shape index (κ3) is 6.03. The van der Waals surface area contributed by atoms with Gasteiger partial charge in [0.15, 0.2) is 5.96 Å². The van der Waals surface area contributed by atoms with Crippen LogP contribution in [0.2, 0.25) is 0 Å². The van der Waals surface area contributed by atoms with Crippen LogP contribution in [-0.4, -0.2) is 12.6 Å². The summed E-state index contributed by atoms with van der Waals surface area (Å²) in [5.41, 5.74) is 9.25. The highest BCUT2D eigenvalue weighted by molar-refractivity contribution is 14.0. The second kappa shape index (κ2) is 10.2. The number of benzene rings is 2. The number of ether oxygens (including phenoxy) is 1. The van der Waals surface area contributed by atoms with Crippen LogP contribution in [0.3, 0.4) is 0 Å². The Balaban J connectivity index is 0.00000288. The lowest BCUT2D eigenvalue weighted by atomic mass is 10.0. The minimum Gasteiger partial charge on any atom is -0.494 e. The van der Waals surface area contributed by atoms with Crippen molar-refractivity contribution in [3.63, 3.8) is 0 Å². The molecule has 2 rings (SSSR count). The van der Waals surface area contributed by atoms with Gasteiger partial charge in [-0.2, -0.15) is 0 Å². The molecular formula is C19H26IN3O. The number of anilines is 1.